The number of halogens is 2. The molecule has 0 amide bonds. The third-order valence-electron chi connectivity index (χ3n) is 2.36. The Morgan fingerprint density at radius 1 is 1.21 bits per heavy atom. The van der Waals surface area contributed by atoms with Gasteiger partial charge < -0.3 is 16.7 Å². The third kappa shape index (κ3) is 2.69. The van der Waals surface area contributed by atoms with Crippen LogP contribution in [0.4, 0.5) is 11.8 Å². The highest BCUT2D eigenvalue weighted by molar-refractivity contribution is 6.36. The van der Waals surface area contributed by atoms with Gasteiger partial charge in [-0.2, -0.15) is 4.98 Å². The van der Waals surface area contributed by atoms with E-state index in [1.54, 1.807) is 18.2 Å². The predicted octanol–water partition coefficient (Wildman–Crippen LogP) is 2.42. The van der Waals surface area contributed by atoms with E-state index in [1.165, 1.54) is 0 Å². The van der Waals surface area contributed by atoms with Gasteiger partial charge >= 0.3 is 0 Å². The first kappa shape index (κ1) is 13.4. The van der Waals surface area contributed by atoms with Crippen molar-refractivity contribution in [1.82, 2.24) is 9.97 Å². The average molecular weight is 298 g/mol. The molecule has 0 aliphatic rings. The summed E-state index contributed by atoms with van der Waals surface area (Å²) in [4.78, 5) is 7.82. The maximum absolute atomic E-state index is 8.66. The molecule has 1 aromatic carbocycles. The second kappa shape index (κ2) is 5.29. The topological polar surface area (TPSA) is 110 Å². The lowest BCUT2D eigenvalue weighted by Gasteiger charge is -2.10. The van der Waals surface area contributed by atoms with Gasteiger partial charge in [0, 0.05) is 10.6 Å². The largest absolute Gasteiger partial charge is 0.411 e. The molecule has 0 aliphatic heterocycles. The number of nitrogens with two attached hydrogens (primary N) is 2. The number of hydrogen-bond donors (Lipinski definition) is 3. The van der Waals surface area contributed by atoms with Gasteiger partial charge in [0.1, 0.15) is 11.5 Å². The molecule has 0 bridgehead atoms. The molecule has 2 rings (SSSR count). The van der Waals surface area contributed by atoms with Crippen LogP contribution in [0, 0.1) is 0 Å². The highest BCUT2D eigenvalue weighted by atomic mass is 35.5. The lowest BCUT2D eigenvalue weighted by atomic mass is 10.0. The zero-order valence-corrected chi connectivity index (χ0v) is 11.0. The van der Waals surface area contributed by atoms with Gasteiger partial charge in [0.2, 0.25) is 5.95 Å². The summed E-state index contributed by atoms with van der Waals surface area (Å²) in [5, 5.41) is 12.4. The molecule has 0 spiro atoms. The second-order valence-corrected chi connectivity index (χ2v) is 4.44. The van der Waals surface area contributed by atoms with E-state index in [4.69, 9.17) is 39.9 Å². The summed E-state index contributed by atoms with van der Waals surface area (Å²) in [6, 6.07) is 4.89. The number of rotatable bonds is 2. The standard InChI is InChI=1S/C11H9Cl2N5O/c12-5-1-2-6(7(13)3-5)9-8(4-16-19)17-11(15)18-10(9)14/h1-4,19H,(H4,14,15,17,18)/b16-4-. The molecule has 19 heavy (non-hydrogen) atoms. The summed E-state index contributed by atoms with van der Waals surface area (Å²) in [5.74, 6) is 0.104. The fourth-order valence-electron chi connectivity index (χ4n) is 1.63. The Morgan fingerprint density at radius 2 is 1.95 bits per heavy atom. The Balaban J connectivity index is 2.73. The monoisotopic (exact) mass is 297 g/mol. The number of aromatic nitrogens is 2. The van der Waals surface area contributed by atoms with Crippen molar-refractivity contribution in [3.05, 3.63) is 33.9 Å². The Bertz CT molecular complexity index is 660. The van der Waals surface area contributed by atoms with Gasteiger partial charge in [0.15, 0.2) is 0 Å². The molecule has 6 nitrogen and oxygen atoms in total. The molecule has 0 unspecified atom stereocenters. The Morgan fingerprint density at radius 3 is 2.58 bits per heavy atom. The maximum Gasteiger partial charge on any atom is 0.222 e. The minimum atomic E-state index is -0.0266. The van der Waals surface area contributed by atoms with Crippen molar-refractivity contribution in [2.24, 2.45) is 5.16 Å². The van der Waals surface area contributed by atoms with Crippen LogP contribution in [0.25, 0.3) is 11.1 Å². The van der Waals surface area contributed by atoms with Crippen molar-refractivity contribution >= 4 is 41.2 Å². The van der Waals surface area contributed by atoms with E-state index < -0.39 is 0 Å². The van der Waals surface area contributed by atoms with E-state index >= 15 is 0 Å². The summed E-state index contributed by atoms with van der Waals surface area (Å²) in [5.41, 5.74) is 12.6. The average Bonchev–Trinajstić information content (AvgIpc) is 2.31. The highest BCUT2D eigenvalue weighted by Crippen LogP contribution is 2.34. The molecular weight excluding hydrogens is 289 g/mol. The van der Waals surface area contributed by atoms with Crippen molar-refractivity contribution in [2.75, 3.05) is 11.5 Å². The normalized spacial score (nSPS) is 11.1. The lowest BCUT2D eigenvalue weighted by Crippen LogP contribution is -2.06. The van der Waals surface area contributed by atoms with Crippen LogP contribution in [0.3, 0.4) is 0 Å². The second-order valence-electron chi connectivity index (χ2n) is 3.60. The molecule has 8 heteroatoms. The van der Waals surface area contributed by atoms with Crippen LogP contribution >= 0.6 is 23.2 Å². The van der Waals surface area contributed by atoms with Crippen molar-refractivity contribution < 1.29 is 5.21 Å². The van der Waals surface area contributed by atoms with Crippen LogP contribution in [-0.2, 0) is 0 Å². The Hall–Kier alpha value is -2.05. The molecule has 0 saturated heterocycles. The summed E-state index contributed by atoms with van der Waals surface area (Å²) in [6.07, 6.45) is 1.11. The smallest absolute Gasteiger partial charge is 0.222 e. The molecule has 0 radical (unpaired) electrons. The molecule has 98 valence electrons. The van der Waals surface area contributed by atoms with Gasteiger partial charge in [0.25, 0.3) is 0 Å². The lowest BCUT2D eigenvalue weighted by molar-refractivity contribution is 0.321. The van der Waals surface area contributed by atoms with Gasteiger partial charge in [-0.15, -0.1) is 0 Å². The van der Waals surface area contributed by atoms with Crippen molar-refractivity contribution in [3.63, 3.8) is 0 Å². The molecule has 0 fully saturated rings. The molecular formula is C11H9Cl2N5O. The number of anilines is 2. The van der Waals surface area contributed by atoms with Crippen molar-refractivity contribution in [1.29, 1.82) is 0 Å². The van der Waals surface area contributed by atoms with Crippen LogP contribution in [0.15, 0.2) is 23.4 Å². The van der Waals surface area contributed by atoms with Gasteiger partial charge in [-0.1, -0.05) is 34.4 Å². The van der Waals surface area contributed by atoms with E-state index in [1.807, 2.05) is 0 Å². The van der Waals surface area contributed by atoms with E-state index in [0.29, 0.717) is 21.2 Å². The molecule has 5 N–H and O–H groups in total. The molecule has 1 aromatic heterocycles. The molecule has 0 atom stereocenters. The van der Waals surface area contributed by atoms with Crippen LogP contribution < -0.4 is 11.5 Å². The third-order valence-corrected chi connectivity index (χ3v) is 2.91. The molecule has 2 aromatic rings. The first-order valence-corrected chi connectivity index (χ1v) is 5.84. The van der Waals surface area contributed by atoms with Crippen LogP contribution in [0.2, 0.25) is 10.0 Å². The van der Waals surface area contributed by atoms with E-state index in [0.717, 1.165) is 6.21 Å². The Labute approximate surface area is 118 Å². The zero-order chi connectivity index (χ0) is 14.0. The minimum Gasteiger partial charge on any atom is -0.411 e. The quantitative estimate of drug-likeness (QED) is 0.448. The Kier molecular flexibility index (Phi) is 3.73. The number of oxime groups is 1. The number of nitrogens with zero attached hydrogens (tertiary/aromatic N) is 3. The summed E-state index contributed by atoms with van der Waals surface area (Å²) < 4.78 is 0. The zero-order valence-electron chi connectivity index (χ0n) is 9.51. The van der Waals surface area contributed by atoms with Crippen LogP contribution in [0.5, 0.6) is 0 Å². The van der Waals surface area contributed by atoms with E-state index in [9.17, 15) is 0 Å². The number of nitrogen functional groups attached to an aromatic ring is 2. The molecule has 0 aliphatic carbocycles. The highest BCUT2D eigenvalue weighted by Gasteiger charge is 2.15. The fraction of sp³-hybridized carbons (Fsp3) is 0. The first-order valence-electron chi connectivity index (χ1n) is 5.08. The fourth-order valence-corrected chi connectivity index (χ4v) is 2.13. The maximum atomic E-state index is 8.66. The number of benzene rings is 1. The SMILES string of the molecule is Nc1nc(N)c(-c2ccc(Cl)cc2Cl)c(/C=N\O)n1. The number of hydrogen-bond acceptors (Lipinski definition) is 6. The van der Waals surface area contributed by atoms with Gasteiger partial charge in [-0.3, -0.25) is 0 Å². The summed E-state index contributed by atoms with van der Waals surface area (Å²) >= 11 is 12.0. The molecule has 0 saturated carbocycles. The first-order chi connectivity index (χ1) is 9.02. The minimum absolute atomic E-state index is 0.0266. The predicted molar refractivity (Wildman–Crippen MR) is 75.7 cm³/mol. The van der Waals surface area contributed by atoms with Gasteiger partial charge in [0.05, 0.1) is 16.8 Å². The molecule has 1 heterocycles. The van der Waals surface area contributed by atoms with Crippen LogP contribution in [0.1, 0.15) is 5.69 Å². The summed E-state index contributed by atoms with van der Waals surface area (Å²) in [6.45, 7) is 0. The van der Waals surface area contributed by atoms with Gasteiger partial charge in [-0.05, 0) is 12.1 Å². The summed E-state index contributed by atoms with van der Waals surface area (Å²) in [7, 11) is 0. The van der Waals surface area contributed by atoms with E-state index in [2.05, 4.69) is 15.1 Å². The van der Waals surface area contributed by atoms with Crippen molar-refractivity contribution in [2.45, 2.75) is 0 Å². The van der Waals surface area contributed by atoms with E-state index in [-0.39, 0.29) is 17.5 Å². The van der Waals surface area contributed by atoms with Crippen molar-refractivity contribution in [3.8, 4) is 11.1 Å². The van der Waals surface area contributed by atoms with Crippen LogP contribution in [-0.4, -0.2) is 21.4 Å². The van der Waals surface area contributed by atoms with Gasteiger partial charge in [-0.25, -0.2) is 4.98 Å².